The zero-order chi connectivity index (χ0) is 22.3. The number of amides is 2. The standard InChI is InChI=1S/C25H20F2N2O2/c1-14-8-10-18(16(3)12-14)22-23(28-17-9-11-19(26)20(27)13-17)25(31)29(24(22)30)21-7-5-4-6-15(21)2/h4-13,28H,1-3H3. The highest BCUT2D eigenvalue weighted by Gasteiger charge is 2.41. The predicted molar refractivity (Wildman–Crippen MR) is 116 cm³/mol. The third-order valence-corrected chi connectivity index (χ3v) is 5.28. The van der Waals surface area contributed by atoms with E-state index in [2.05, 4.69) is 5.32 Å². The number of benzene rings is 3. The van der Waals surface area contributed by atoms with Gasteiger partial charge in [-0.2, -0.15) is 0 Å². The van der Waals surface area contributed by atoms with Crippen LogP contribution in [0, 0.1) is 32.4 Å². The minimum absolute atomic E-state index is 0.0196. The largest absolute Gasteiger partial charge is 0.350 e. The van der Waals surface area contributed by atoms with Crippen molar-refractivity contribution in [3.05, 3.63) is 100 Å². The molecule has 1 aliphatic heterocycles. The molecule has 0 unspecified atom stereocenters. The van der Waals surface area contributed by atoms with Crippen LogP contribution >= 0.6 is 0 Å². The number of carbonyl (C=O) groups is 2. The van der Waals surface area contributed by atoms with Gasteiger partial charge >= 0.3 is 0 Å². The van der Waals surface area contributed by atoms with E-state index in [-0.39, 0.29) is 17.0 Å². The molecule has 1 N–H and O–H groups in total. The van der Waals surface area contributed by atoms with E-state index in [1.54, 1.807) is 18.2 Å². The molecule has 1 aliphatic rings. The fourth-order valence-corrected chi connectivity index (χ4v) is 3.74. The molecule has 0 aliphatic carbocycles. The normalized spacial score (nSPS) is 13.9. The Balaban J connectivity index is 1.88. The van der Waals surface area contributed by atoms with Crippen LogP contribution in [0.15, 0.2) is 66.4 Å². The molecule has 4 rings (SSSR count). The molecule has 31 heavy (non-hydrogen) atoms. The number of anilines is 2. The minimum Gasteiger partial charge on any atom is -0.350 e. The van der Waals surface area contributed by atoms with Gasteiger partial charge in [0.15, 0.2) is 11.6 Å². The van der Waals surface area contributed by atoms with Gasteiger partial charge < -0.3 is 5.32 Å². The van der Waals surface area contributed by atoms with Crippen molar-refractivity contribution >= 4 is 28.8 Å². The molecule has 0 radical (unpaired) electrons. The fraction of sp³-hybridized carbons (Fsp3) is 0.120. The van der Waals surface area contributed by atoms with Crippen LogP contribution in [-0.4, -0.2) is 11.8 Å². The molecule has 0 aromatic heterocycles. The third-order valence-electron chi connectivity index (χ3n) is 5.28. The number of carbonyl (C=O) groups excluding carboxylic acids is 2. The molecule has 0 fully saturated rings. The Kier molecular flexibility index (Phi) is 5.15. The Morgan fingerprint density at radius 3 is 2.19 bits per heavy atom. The number of halogens is 2. The van der Waals surface area contributed by atoms with Gasteiger partial charge in [0.2, 0.25) is 0 Å². The average molecular weight is 418 g/mol. The van der Waals surface area contributed by atoms with Crippen molar-refractivity contribution < 1.29 is 18.4 Å². The molecule has 6 heteroatoms. The summed E-state index contributed by atoms with van der Waals surface area (Å²) in [7, 11) is 0. The summed E-state index contributed by atoms with van der Waals surface area (Å²) in [4.78, 5) is 28.0. The summed E-state index contributed by atoms with van der Waals surface area (Å²) in [5.41, 5.74) is 4.06. The van der Waals surface area contributed by atoms with Gasteiger partial charge in [0.1, 0.15) is 5.70 Å². The van der Waals surface area contributed by atoms with Crippen molar-refractivity contribution in [2.45, 2.75) is 20.8 Å². The lowest BCUT2D eigenvalue weighted by atomic mass is 9.97. The molecule has 0 spiro atoms. The van der Waals surface area contributed by atoms with Crippen LogP contribution in [0.1, 0.15) is 22.3 Å². The number of hydrogen-bond donors (Lipinski definition) is 1. The second-order valence-electron chi connectivity index (χ2n) is 7.55. The molecule has 0 atom stereocenters. The Morgan fingerprint density at radius 1 is 0.774 bits per heavy atom. The second kappa shape index (κ2) is 7.80. The summed E-state index contributed by atoms with van der Waals surface area (Å²) in [5.74, 6) is -3.08. The van der Waals surface area contributed by atoms with Crippen molar-refractivity contribution in [3.63, 3.8) is 0 Å². The maximum atomic E-state index is 13.8. The lowest BCUT2D eigenvalue weighted by molar-refractivity contribution is -0.120. The van der Waals surface area contributed by atoms with Gasteiger partial charge in [0.05, 0.1) is 11.3 Å². The van der Waals surface area contributed by atoms with Gasteiger partial charge in [-0.15, -0.1) is 0 Å². The smallest absolute Gasteiger partial charge is 0.282 e. The molecular formula is C25H20F2N2O2. The SMILES string of the molecule is Cc1ccc(C2=C(Nc3ccc(F)c(F)c3)C(=O)N(c3ccccc3C)C2=O)c(C)c1. The van der Waals surface area contributed by atoms with Crippen LogP contribution in [0.25, 0.3) is 5.57 Å². The van der Waals surface area contributed by atoms with E-state index in [4.69, 9.17) is 0 Å². The van der Waals surface area contributed by atoms with Crippen LogP contribution in [0.2, 0.25) is 0 Å². The Hall–Kier alpha value is -3.80. The van der Waals surface area contributed by atoms with E-state index in [1.807, 2.05) is 45.0 Å². The van der Waals surface area contributed by atoms with E-state index < -0.39 is 23.4 Å². The van der Waals surface area contributed by atoms with Crippen LogP contribution in [0.4, 0.5) is 20.2 Å². The number of rotatable bonds is 4. The molecule has 1 heterocycles. The first-order chi connectivity index (χ1) is 14.8. The number of imide groups is 1. The van der Waals surface area contributed by atoms with Crippen molar-refractivity contribution in [1.29, 1.82) is 0 Å². The van der Waals surface area contributed by atoms with Crippen LogP contribution in [0.5, 0.6) is 0 Å². The summed E-state index contributed by atoms with van der Waals surface area (Å²) in [6.07, 6.45) is 0. The number of hydrogen-bond acceptors (Lipinski definition) is 3. The molecule has 156 valence electrons. The molecule has 0 saturated carbocycles. The number of para-hydroxylation sites is 1. The van der Waals surface area contributed by atoms with Gasteiger partial charge in [-0.1, -0.05) is 42.0 Å². The molecule has 2 amide bonds. The summed E-state index contributed by atoms with van der Waals surface area (Å²) in [5, 5.41) is 2.86. The Morgan fingerprint density at radius 2 is 1.52 bits per heavy atom. The highest BCUT2D eigenvalue weighted by atomic mass is 19.2. The molecule has 3 aromatic carbocycles. The number of nitrogens with one attached hydrogen (secondary N) is 1. The van der Waals surface area contributed by atoms with Gasteiger partial charge in [0.25, 0.3) is 11.8 Å². The van der Waals surface area contributed by atoms with E-state index in [0.717, 1.165) is 33.7 Å². The zero-order valence-corrected chi connectivity index (χ0v) is 17.3. The van der Waals surface area contributed by atoms with Crippen molar-refractivity contribution in [3.8, 4) is 0 Å². The molecular weight excluding hydrogens is 398 g/mol. The van der Waals surface area contributed by atoms with Crippen molar-refractivity contribution in [2.24, 2.45) is 0 Å². The third kappa shape index (κ3) is 3.61. The fourth-order valence-electron chi connectivity index (χ4n) is 3.74. The van der Waals surface area contributed by atoms with Crippen LogP contribution < -0.4 is 10.2 Å². The topological polar surface area (TPSA) is 49.4 Å². The van der Waals surface area contributed by atoms with Crippen molar-refractivity contribution in [1.82, 2.24) is 0 Å². The van der Waals surface area contributed by atoms with Gasteiger partial charge in [-0.05, 0) is 55.7 Å². The minimum atomic E-state index is -1.05. The number of nitrogens with zero attached hydrogens (tertiary/aromatic N) is 1. The van der Waals surface area contributed by atoms with Crippen LogP contribution in [-0.2, 0) is 9.59 Å². The van der Waals surface area contributed by atoms with E-state index >= 15 is 0 Å². The zero-order valence-electron chi connectivity index (χ0n) is 17.3. The molecule has 0 bridgehead atoms. The van der Waals surface area contributed by atoms with E-state index in [0.29, 0.717) is 11.3 Å². The quantitative estimate of drug-likeness (QED) is 0.586. The lowest BCUT2D eigenvalue weighted by Crippen LogP contribution is -2.33. The molecule has 4 nitrogen and oxygen atoms in total. The maximum absolute atomic E-state index is 13.8. The summed E-state index contributed by atoms with van der Waals surface area (Å²) in [6, 6.07) is 15.9. The lowest BCUT2D eigenvalue weighted by Gasteiger charge is -2.18. The monoisotopic (exact) mass is 418 g/mol. The Labute approximate surface area is 178 Å². The summed E-state index contributed by atoms with van der Waals surface area (Å²) < 4.78 is 27.1. The predicted octanol–water partition coefficient (Wildman–Crippen LogP) is 5.29. The summed E-state index contributed by atoms with van der Waals surface area (Å²) >= 11 is 0. The maximum Gasteiger partial charge on any atom is 0.282 e. The van der Waals surface area contributed by atoms with Gasteiger partial charge in [0, 0.05) is 11.8 Å². The van der Waals surface area contributed by atoms with E-state index in [1.165, 1.54) is 6.07 Å². The first-order valence-electron chi connectivity index (χ1n) is 9.76. The second-order valence-corrected chi connectivity index (χ2v) is 7.55. The highest BCUT2D eigenvalue weighted by Crippen LogP contribution is 2.36. The Bertz CT molecular complexity index is 1260. The van der Waals surface area contributed by atoms with Crippen molar-refractivity contribution in [2.75, 3.05) is 10.2 Å². The van der Waals surface area contributed by atoms with Crippen LogP contribution in [0.3, 0.4) is 0 Å². The van der Waals surface area contributed by atoms with Gasteiger partial charge in [-0.25, -0.2) is 13.7 Å². The molecule has 3 aromatic rings. The average Bonchev–Trinajstić information content (AvgIpc) is 2.95. The summed E-state index contributed by atoms with van der Waals surface area (Å²) in [6.45, 7) is 5.61. The first kappa shape index (κ1) is 20.5. The first-order valence-corrected chi connectivity index (χ1v) is 9.76. The van der Waals surface area contributed by atoms with Gasteiger partial charge in [-0.3, -0.25) is 9.59 Å². The molecule has 0 saturated heterocycles. The van der Waals surface area contributed by atoms with E-state index in [9.17, 15) is 18.4 Å². The highest BCUT2D eigenvalue weighted by molar-refractivity contribution is 6.46. The number of aryl methyl sites for hydroxylation is 3.